The zero-order valence-corrected chi connectivity index (χ0v) is 12.4. The number of carbonyl (C=O) groups excluding carboxylic acids is 1. The zero-order chi connectivity index (χ0) is 15.0. The number of hydrogen-bond acceptors (Lipinski definition) is 4. The number of aryl methyl sites for hydroxylation is 2. The van der Waals surface area contributed by atoms with Gasteiger partial charge in [0.2, 0.25) is 0 Å². The molecule has 0 aliphatic heterocycles. The Hall–Kier alpha value is -1.87. The molecule has 1 heterocycles. The Morgan fingerprint density at radius 2 is 2.25 bits per heavy atom. The normalized spacial score (nSPS) is 10.3. The largest absolute Gasteiger partial charge is 0.383 e. The predicted octanol–water partition coefficient (Wildman–Crippen LogP) is 1.47. The highest BCUT2D eigenvalue weighted by Crippen LogP contribution is 2.10. The van der Waals surface area contributed by atoms with E-state index >= 15 is 0 Å². The molecule has 0 bridgehead atoms. The quantitative estimate of drug-likeness (QED) is 0.722. The molecule has 1 aromatic rings. The van der Waals surface area contributed by atoms with E-state index in [-0.39, 0.29) is 5.91 Å². The number of hydrogen-bond donors (Lipinski definition) is 0. The van der Waals surface area contributed by atoms with Crippen LogP contribution in [0.5, 0.6) is 0 Å². The van der Waals surface area contributed by atoms with E-state index in [0.717, 1.165) is 12.1 Å². The summed E-state index contributed by atoms with van der Waals surface area (Å²) < 4.78 is 6.74. The fourth-order valence-electron chi connectivity index (χ4n) is 1.92. The van der Waals surface area contributed by atoms with Crippen molar-refractivity contribution in [3.63, 3.8) is 0 Å². The first-order valence-corrected chi connectivity index (χ1v) is 6.89. The van der Waals surface area contributed by atoms with Crippen LogP contribution in [0.25, 0.3) is 0 Å². The summed E-state index contributed by atoms with van der Waals surface area (Å²) in [5.74, 6) is -0.0913. The van der Waals surface area contributed by atoms with Crippen molar-refractivity contribution in [3.8, 4) is 6.07 Å². The van der Waals surface area contributed by atoms with Gasteiger partial charge in [0.05, 0.1) is 24.8 Å². The Morgan fingerprint density at radius 1 is 1.50 bits per heavy atom. The molecule has 6 heteroatoms. The molecule has 6 nitrogen and oxygen atoms in total. The molecule has 0 aliphatic rings. The second-order valence-corrected chi connectivity index (χ2v) is 4.38. The van der Waals surface area contributed by atoms with E-state index in [4.69, 9.17) is 10.00 Å². The molecule has 20 heavy (non-hydrogen) atoms. The van der Waals surface area contributed by atoms with Gasteiger partial charge in [-0.3, -0.25) is 9.48 Å². The van der Waals surface area contributed by atoms with Crippen LogP contribution in [0.1, 0.15) is 36.5 Å². The van der Waals surface area contributed by atoms with E-state index in [9.17, 15) is 4.79 Å². The minimum absolute atomic E-state index is 0.0913. The maximum atomic E-state index is 12.6. The predicted molar refractivity (Wildman–Crippen MR) is 75.3 cm³/mol. The van der Waals surface area contributed by atoms with Gasteiger partial charge in [0.25, 0.3) is 5.91 Å². The summed E-state index contributed by atoms with van der Waals surface area (Å²) in [5, 5.41) is 13.1. The standard InChI is InChI=1S/C14H22N4O2/c1-4-12-11-13(18(5-2)16-12)14(19)17(8-6-7-15)9-10-20-3/h11H,4-6,8-10H2,1-3H3. The molecule has 0 aliphatic carbocycles. The van der Waals surface area contributed by atoms with Gasteiger partial charge in [-0.25, -0.2) is 0 Å². The average molecular weight is 278 g/mol. The highest BCUT2D eigenvalue weighted by Gasteiger charge is 2.20. The molecule has 0 fully saturated rings. The van der Waals surface area contributed by atoms with Crippen LogP contribution in [0, 0.1) is 11.3 Å². The minimum Gasteiger partial charge on any atom is -0.383 e. The van der Waals surface area contributed by atoms with E-state index in [1.807, 2.05) is 19.9 Å². The van der Waals surface area contributed by atoms with Gasteiger partial charge in [-0.15, -0.1) is 0 Å². The van der Waals surface area contributed by atoms with Crippen molar-refractivity contribution >= 4 is 5.91 Å². The number of nitriles is 1. The summed E-state index contributed by atoms with van der Waals surface area (Å²) >= 11 is 0. The number of nitrogens with zero attached hydrogens (tertiary/aromatic N) is 4. The van der Waals surface area contributed by atoms with Gasteiger partial charge in [0.15, 0.2) is 0 Å². The maximum Gasteiger partial charge on any atom is 0.272 e. The Morgan fingerprint density at radius 3 is 2.80 bits per heavy atom. The van der Waals surface area contributed by atoms with Gasteiger partial charge in [0, 0.05) is 26.7 Å². The summed E-state index contributed by atoms with van der Waals surface area (Å²) in [7, 11) is 1.60. The van der Waals surface area contributed by atoms with Crippen molar-refractivity contribution in [3.05, 3.63) is 17.5 Å². The fraction of sp³-hybridized carbons (Fsp3) is 0.643. The highest BCUT2D eigenvalue weighted by molar-refractivity contribution is 5.92. The monoisotopic (exact) mass is 278 g/mol. The second kappa shape index (κ2) is 8.33. The lowest BCUT2D eigenvalue weighted by atomic mass is 10.2. The third-order valence-electron chi connectivity index (χ3n) is 3.06. The molecular weight excluding hydrogens is 256 g/mol. The van der Waals surface area contributed by atoms with E-state index in [2.05, 4.69) is 11.2 Å². The number of carbonyl (C=O) groups is 1. The summed E-state index contributed by atoms with van der Waals surface area (Å²) in [6, 6.07) is 3.90. The van der Waals surface area contributed by atoms with Crippen LogP contribution in [-0.4, -0.2) is 47.4 Å². The van der Waals surface area contributed by atoms with E-state index in [0.29, 0.717) is 38.4 Å². The molecule has 0 atom stereocenters. The Bertz CT molecular complexity index is 476. The topological polar surface area (TPSA) is 71.2 Å². The number of aromatic nitrogens is 2. The summed E-state index contributed by atoms with van der Waals surface area (Å²) in [6.45, 7) is 5.96. The van der Waals surface area contributed by atoms with E-state index in [1.54, 1.807) is 16.7 Å². The molecule has 0 spiro atoms. The van der Waals surface area contributed by atoms with Crippen LogP contribution in [-0.2, 0) is 17.7 Å². The summed E-state index contributed by atoms with van der Waals surface area (Å²) in [4.78, 5) is 14.2. The number of rotatable bonds is 8. The molecule has 1 amide bonds. The Kier molecular flexibility index (Phi) is 6.74. The lowest BCUT2D eigenvalue weighted by molar-refractivity contribution is 0.0688. The molecule has 0 N–H and O–H groups in total. The van der Waals surface area contributed by atoms with Crippen LogP contribution in [0.3, 0.4) is 0 Å². The van der Waals surface area contributed by atoms with E-state index in [1.165, 1.54) is 0 Å². The highest BCUT2D eigenvalue weighted by atomic mass is 16.5. The third kappa shape index (κ3) is 4.07. The number of methoxy groups -OCH3 is 1. The van der Waals surface area contributed by atoms with Gasteiger partial charge in [-0.1, -0.05) is 6.92 Å². The zero-order valence-electron chi connectivity index (χ0n) is 12.4. The Labute approximate surface area is 119 Å². The lowest BCUT2D eigenvalue weighted by Gasteiger charge is -2.21. The second-order valence-electron chi connectivity index (χ2n) is 4.38. The SMILES string of the molecule is CCc1cc(C(=O)N(CCC#N)CCOC)n(CC)n1. The Balaban J connectivity index is 2.92. The molecule has 1 rings (SSSR count). The minimum atomic E-state index is -0.0913. The molecule has 0 saturated carbocycles. The van der Waals surface area contributed by atoms with Crippen LogP contribution in [0.4, 0.5) is 0 Å². The van der Waals surface area contributed by atoms with Crippen molar-refractivity contribution in [1.82, 2.24) is 14.7 Å². The average Bonchev–Trinajstić information content (AvgIpc) is 2.90. The fourth-order valence-corrected chi connectivity index (χ4v) is 1.92. The number of ether oxygens (including phenoxy) is 1. The van der Waals surface area contributed by atoms with Crippen molar-refractivity contribution in [1.29, 1.82) is 5.26 Å². The summed E-state index contributed by atoms with van der Waals surface area (Å²) in [5.41, 5.74) is 1.49. The first-order valence-electron chi connectivity index (χ1n) is 6.89. The van der Waals surface area contributed by atoms with Gasteiger partial charge in [-0.05, 0) is 19.4 Å². The lowest BCUT2D eigenvalue weighted by Crippen LogP contribution is -2.36. The molecule has 0 aromatic carbocycles. The third-order valence-corrected chi connectivity index (χ3v) is 3.06. The van der Waals surface area contributed by atoms with Crippen LogP contribution >= 0.6 is 0 Å². The van der Waals surface area contributed by atoms with Crippen molar-refractivity contribution in [2.24, 2.45) is 0 Å². The van der Waals surface area contributed by atoms with Gasteiger partial charge in [0.1, 0.15) is 5.69 Å². The van der Waals surface area contributed by atoms with Crippen molar-refractivity contribution in [2.75, 3.05) is 26.8 Å². The first-order chi connectivity index (χ1) is 9.67. The molecule has 110 valence electrons. The van der Waals surface area contributed by atoms with E-state index < -0.39 is 0 Å². The van der Waals surface area contributed by atoms with Crippen molar-refractivity contribution < 1.29 is 9.53 Å². The smallest absolute Gasteiger partial charge is 0.272 e. The molecular formula is C14H22N4O2. The van der Waals surface area contributed by atoms with Crippen LogP contribution < -0.4 is 0 Å². The number of amides is 1. The maximum absolute atomic E-state index is 12.6. The molecule has 0 saturated heterocycles. The van der Waals surface area contributed by atoms with Gasteiger partial charge < -0.3 is 9.64 Å². The van der Waals surface area contributed by atoms with Gasteiger partial charge in [-0.2, -0.15) is 10.4 Å². The summed E-state index contributed by atoms with van der Waals surface area (Å²) in [6.07, 6.45) is 1.11. The van der Waals surface area contributed by atoms with Crippen LogP contribution in [0.2, 0.25) is 0 Å². The first kappa shape index (κ1) is 16.2. The molecule has 0 unspecified atom stereocenters. The van der Waals surface area contributed by atoms with Crippen molar-refractivity contribution in [2.45, 2.75) is 33.2 Å². The van der Waals surface area contributed by atoms with Gasteiger partial charge >= 0.3 is 0 Å². The molecule has 1 aromatic heterocycles. The van der Waals surface area contributed by atoms with Crippen LogP contribution in [0.15, 0.2) is 6.07 Å². The molecule has 0 radical (unpaired) electrons.